The third kappa shape index (κ3) is 3.33. The summed E-state index contributed by atoms with van der Waals surface area (Å²) in [5, 5.41) is 0.194. The molecule has 0 aliphatic rings. The molecule has 0 aromatic carbocycles. The normalized spacial score (nSPS) is 11.7. The number of hydrogen-bond acceptors (Lipinski definition) is 4. The van der Waals surface area contributed by atoms with Gasteiger partial charge in [-0.2, -0.15) is 9.61 Å². The Kier molecular flexibility index (Phi) is 2.94. The fraction of sp³-hybridized carbons (Fsp3) is 0.250. The summed E-state index contributed by atoms with van der Waals surface area (Å²) in [6.07, 6.45) is 1.45. The lowest BCUT2D eigenvalue weighted by Crippen LogP contribution is -2.03. The standard InChI is InChI=1S/C4H7ClN3O4P/c1-8-2-3(5)6-4(8)7-12-13(9,10)11/h2H,1H3,(H,6,7)(H2,9,10,11). The van der Waals surface area contributed by atoms with Crippen LogP contribution >= 0.6 is 19.4 Å². The number of nitrogens with zero attached hydrogens (tertiary/aromatic N) is 2. The van der Waals surface area contributed by atoms with Crippen molar-refractivity contribution in [2.75, 3.05) is 5.48 Å². The van der Waals surface area contributed by atoms with Gasteiger partial charge in [0.05, 0.1) is 0 Å². The summed E-state index contributed by atoms with van der Waals surface area (Å²) >= 11 is 5.49. The zero-order valence-electron chi connectivity index (χ0n) is 6.51. The Morgan fingerprint density at radius 1 is 1.77 bits per heavy atom. The second-order valence-electron chi connectivity index (χ2n) is 2.18. The predicted molar refractivity (Wildman–Crippen MR) is 45.0 cm³/mol. The van der Waals surface area contributed by atoms with E-state index in [0.717, 1.165) is 0 Å². The highest BCUT2D eigenvalue weighted by molar-refractivity contribution is 7.46. The first-order valence-corrected chi connectivity index (χ1v) is 4.98. The summed E-state index contributed by atoms with van der Waals surface area (Å²) < 4.78 is 15.7. The van der Waals surface area contributed by atoms with Crippen molar-refractivity contribution >= 4 is 25.4 Å². The second kappa shape index (κ2) is 3.65. The molecular weight excluding hydrogens is 220 g/mol. The highest BCUT2D eigenvalue weighted by Gasteiger charge is 2.15. The quantitative estimate of drug-likeness (QED) is 0.514. The van der Waals surface area contributed by atoms with Gasteiger partial charge >= 0.3 is 7.82 Å². The van der Waals surface area contributed by atoms with Crippen LogP contribution in [0.1, 0.15) is 0 Å². The Hall–Kier alpha value is -0.590. The third-order valence-corrected chi connectivity index (χ3v) is 1.61. The molecule has 1 rings (SSSR count). The monoisotopic (exact) mass is 227 g/mol. The summed E-state index contributed by atoms with van der Waals surface area (Å²) in [4.78, 5) is 20.3. The van der Waals surface area contributed by atoms with Crippen LogP contribution in [0.3, 0.4) is 0 Å². The molecule has 9 heteroatoms. The minimum absolute atomic E-state index is 0.105. The smallest absolute Gasteiger partial charge is 0.317 e. The highest BCUT2D eigenvalue weighted by Crippen LogP contribution is 2.35. The van der Waals surface area contributed by atoms with Crippen LogP contribution < -0.4 is 5.48 Å². The lowest BCUT2D eigenvalue weighted by atomic mass is 10.9. The first-order valence-electron chi connectivity index (χ1n) is 3.07. The predicted octanol–water partition coefficient (Wildman–Crippen LogP) is 0.510. The number of phosphoric acid groups is 1. The highest BCUT2D eigenvalue weighted by atomic mass is 35.5. The van der Waals surface area contributed by atoms with Gasteiger partial charge in [0.1, 0.15) is 5.15 Å². The van der Waals surface area contributed by atoms with Gasteiger partial charge in [0.25, 0.3) is 0 Å². The van der Waals surface area contributed by atoms with E-state index in [0.29, 0.717) is 0 Å². The van der Waals surface area contributed by atoms with Gasteiger partial charge in [-0.05, 0) is 0 Å². The van der Waals surface area contributed by atoms with E-state index in [1.165, 1.54) is 10.8 Å². The molecule has 0 saturated carbocycles. The molecule has 1 aromatic rings. The lowest BCUT2D eigenvalue weighted by molar-refractivity contribution is 0.230. The molecule has 0 radical (unpaired) electrons. The fourth-order valence-corrected chi connectivity index (χ4v) is 1.05. The Morgan fingerprint density at radius 2 is 2.38 bits per heavy atom. The van der Waals surface area contributed by atoms with Crippen molar-refractivity contribution in [1.82, 2.24) is 9.55 Å². The van der Waals surface area contributed by atoms with Crippen LogP contribution in [-0.4, -0.2) is 19.3 Å². The Morgan fingerprint density at radius 3 is 2.77 bits per heavy atom. The van der Waals surface area contributed by atoms with E-state index in [2.05, 4.69) is 9.61 Å². The molecule has 0 bridgehead atoms. The molecule has 0 aliphatic heterocycles. The van der Waals surface area contributed by atoms with Crippen LogP contribution in [0.15, 0.2) is 6.20 Å². The molecule has 1 heterocycles. The van der Waals surface area contributed by atoms with E-state index in [4.69, 9.17) is 21.4 Å². The van der Waals surface area contributed by atoms with Crippen LogP contribution in [0.5, 0.6) is 0 Å². The molecule has 3 N–H and O–H groups in total. The molecule has 0 aliphatic carbocycles. The topological polar surface area (TPSA) is 96.6 Å². The minimum Gasteiger partial charge on any atom is -0.317 e. The second-order valence-corrected chi connectivity index (χ2v) is 3.73. The van der Waals surface area contributed by atoms with Crippen molar-refractivity contribution in [1.29, 1.82) is 0 Å². The maximum Gasteiger partial charge on any atom is 0.491 e. The van der Waals surface area contributed by atoms with Gasteiger partial charge in [0.15, 0.2) is 0 Å². The maximum atomic E-state index is 10.3. The molecule has 0 fully saturated rings. The largest absolute Gasteiger partial charge is 0.491 e. The fourth-order valence-electron chi connectivity index (χ4n) is 0.625. The van der Waals surface area contributed by atoms with Crippen LogP contribution in [0, 0.1) is 0 Å². The minimum atomic E-state index is -4.55. The molecule has 0 unspecified atom stereocenters. The van der Waals surface area contributed by atoms with E-state index >= 15 is 0 Å². The van der Waals surface area contributed by atoms with Crippen LogP contribution in [0.2, 0.25) is 5.15 Å². The van der Waals surface area contributed by atoms with Gasteiger partial charge in [-0.15, -0.1) is 0 Å². The molecule has 13 heavy (non-hydrogen) atoms. The van der Waals surface area contributed by atoms with Gasteiger partial charge in [0.2, 0.25) is 5.95 Å². The number of aryl methyl sites for hydroxylation is 1. The van der Waals surface area contributed by atoms with Crippen molar-refractivity contribution in [3.05, 3.63) is 11.3 Å². The number of anilines is 1. The van der Waals surface area contributed by atoms with Crippen LogP contribution in [0.4, 0.5) is 5.95 Å². The third-order valence-electron chi connectivity index (χ3n) is 1.10. The van der Waals surface area contributed by atoms with Gasteiger partial charge in [-0.25, -0.2) is 10.0 Å². The molecule has 0 amide bonds. The Balaban J connectivity index is 2.65. The van der Waals surface area contributed by atoms with Crippen molar-refractivity contribution in [2.45, 2.75) is 0 Å². The van der Waals surface area contributed by atoms with E-state index < -0.39 is 7.82 Å². The number of aromatic nitrogens is 2. The molecule has 7 nitrogen and oxygen atoms in total. The van der Waals surface area contributed by atoms with Crippen molar-refractivity contribution < 1.29 is 19.0 Å². The average Bonchev–Trinajstić information content (AvgIpc) is 2.24. The summed E-state index contributed by atoms with van der Waals surface area (Å²) in [5.41, 5.74) is 1.98. The molecule has 74 valence electrons. The maximum absolute atomic E-state index is 10.3. The number of halogens is 1. The van der Waals surface area contributed by atoms with Crippen molar-refractivity contribution in [2.24, 2.45) is 7.05 Å². The summed E-state index contributed by atoms with van der Waals surface area (Å²) in [5.74, 6) is 0.105. The van der Waals surface area contributed by atoms with Gasteiger partial charge in [-0.3, -0.25) is 0 Å². The first-order chi connectivity index (χ1) is 5.88. The molecule has 1 aromatic heterocycles. The summed E-state index contributed by atoms with van der Waals surface area (Å²) in [6.45, 7) is 0. The lowest BCUT2D eigenvalue weighted by Gasteiger charge is -2.05. The van der Waals surface area contributed by atoms with E-state index in [9.17, 15) is 4.57 Å². The van der Waals surface area contributed by atoms with E-state index in [1.54, 1.807) is 7.05 Å². The number of rotatable bonds is 3. The van der Waals surface area contributed by atoms with Gasteiger partial charge < -0.3 is 14.4 Å². The number of nitrogens with one attached hydrogen (secondary N) is 1. The van der Waals surface area contributed by atoms with Gasteiger partial charge in [-0.1, -0.05) is 11.6 Å². The van der Waals surface area contributed by atoms with E-state index in [1.807, 2.05) is 5.48 Å². The molecule has 0 spiro atoms. The van der Waals surface area contributed by atoms with E-state index in [-0.39, 0.29) is 11.1 Å². The SMILES string of the molecule is Cn1cc(Cl)nc1NOP(=O)(O)O. The van der Waals surface area contributed by atoms with Crippen molar-refractivity contribution in [3.8, 4) is 0 Å². The molecule has 0 saturated heterocycles. The zero-order valence-corrected chi connectivity index (χ0v) is 8.16. The van der Waals surface area contributed by atoms with Gasteiger partial charge in [0, 0.05) is 13.2 Å². The van der Waals surface area contributed by atoms with Crippen molar-refractivity contribution in [3.63, 3.8) is 0 Å². The van der Waals surface area contributed by atoms with Crippen LogP contribution in [-0.2, 0) is 16.2 Å². The Labute approximate surface area is 78.5 Å². The first kappa shape index (κ1) is 10.5. The summed E-state index contributed by atoms with van der Waals surface area (Å²) in [7, 11) is -2.96. The average molecular weight is 228 g/mol. The number of imidazole rings is 1. The summed E-state index contributed by atoms with van der Waals surface area (Å²) in [6, 6.07) is 0. The Bertz CT molecular complexity index is 347. The molecular formula is C4H7ClN3O4P. The van der Waals surface area contributed by atoms with Crippen LogP contribution in [0.25, 0.3) is 0 Å². The zero-order chi connectivity index (χ0) is 10.1. The molecule has 0 atom stereocenters. The number of hydrogen-bond donors (Lipinski definition) is 3.